The number of pyridine rings is 2. The Morgan fingerprint density at radius 2 is 1.45 bits per heavy atom. The highest BCUT2D eigenvalue weighted by atomic mass is 35.5. The molecule has 0 radical (unpaired) electrons. The lowest BCUT2D eigenvalue weighted by Crippen LogP contribution is -1.98. The average molecular weight is 323 g/mol. The minimum absolute atomic E-state index is 0.463. The molecule has 2 aromatic rings. The van der Waals surface area contributed by atoms with Crippen molar-refractivity contribution in [2.75, 3.05) is 13.2 Å². The molecule has 0 amide bonds. The molecule has 2 heterocycles. The molecular formula is C17H23ClN2O2. The van der Waals surface area contributed by atoms with Crippen molar-refractivity contribution >= 4 is 11.6 Å². The third-order valence-corrected chi connectivity index (χ3v) is 2.82. The van der Waals surface area contributed by atoms with Crippen LogP contribution in [-0.4, -0.2) is 23.2 Å². The van der Waals surface area contributed by atoms with Gasteiger partial charge in [-0.2, -0.15) is 0 Å². The number of hydrogen-bond acceptors (Lipinski definition) is 4. The van der Waals surface area contributed by atoms with Crippen molar-refractivity contribution in [2.45, 2.75) is 33.6 Å². The minimum Gasteiger partial charge on any atom is -0.478 e. The van der Waals surface area contributed by atoms with Crippen LogP contribution in [0.3, 0.4) is 0 Å². The van der Waals surface area contributed by atoms with E-state index < -0.39 is 0 Å². The van der Waals surface area contributed by atoms with Crippen LogP contribution in [0.15, 0.2) is 36.4 Å². The standard InChI is InChI=1S/C10H15NO.C7H8ClNO/c1-4-12-10-7-5-6-9(11-10)8(2)3;1-2-10-7-5-3-4-6(8)9-7/h5-8H,4H2,1-3H3;3-5H,2H2,1H3. The Kier molecular flexibility index (Phi) is 8.30. The van der Waals surface area contributed by atoms with Crippen LogP contribution in [0.4, 0.5) is 0 Å². The van der Waals surface area contributed by atoms with Gasteiger partial charge in [0.25, 0.3) is 0 Å². The molecule has 0 aliphatic rings. The van der Waals surface area contributed by atoms with E-state index in [0.29, 0.717) is 30.2 Å². The molecule has 120 valence electrons. The molecule has 0 fully saturated rings. The van der Waals surface area contributed by atoms with E-state index in [9.17, 15) is 0 Å². The Morgan fingerprint density at radius 3 is 1.95 bits per heavy atom. The maximum atomic E-state index is 5.59. The average Bonchev–Trinajstić information content (AvgIpc) is 2.49. The molecule has 0 saturated carbocycles. The van der Waals surface area contributed by atoms with Crippen molar-refractivity contribution in [2.24, 2.45) is 0 Å². The van der Waals surface area contributed by atoms with Crippen molar-refractivity contribution in [3.05, 3.63) is 47.2 Å². The Hall–Kier alpha value is -1.81. The number of nitrogens with zero attached hydrogens (tertiary/aromatic N) is 2. The normalized spacial score (nSPS) is 9.91. The first-order valence-corrected chi connectivity index (χ1v) is 7.79. The summed E-state index contributed by atoms with van der Waals surface area (Å²) in [5.74, 6) is 1.77. The number of rotatable bonds is 5. The minimum atomic E-state index is 0.463. The third kappa shape index (κ3) is 6.76. The van der Waals surface area contributed by atoms with E-state index in [4.69, 9.17) is 21.1 Å². The highest BCUT2D eigenvalue weighted by Gasteiger charge is 2.01. The summed E-state index contributed by atoms with van der Waals surface area (Å²) < 4.78 is 10.4. The summed E-state index contributed by atoms with van der Waals surface area (Å²) >= 11 is 5.59. The van der Waals surface area contributed by atoms with Gasteiger partial charge in [-0.25, -0.2) is 9.97 Å². The first-order chi connectivity index (χ1) is 10.6. The van der Waals surface area contributed by atoms with E-state index in [-0.39, 0.29) is 0 Å². The topological polar surface area (TPSA) is 44.2 Å². The Labute approximate surface area is 137 Å². The predicted octanol–water partition coefficient (Wildman–Crippen LogP) is 4.74. The summed E-state index contributed by atoms with van der Waals surface area (Å²) in [5.41, 5.74) is 1.08. The fourth-order valence-corrected chi connectivity index (χ4v) is 1.75. The van der Waals surface area contributed by atoms with E-state index >= 15 is 0 Å². The first-order valence-electron chi connectivity index (χ1n) is 7.41. The number of halogens is 1. The highest BCUT2D eigenvalue weighted by Crippen LogP contribution is 2.15. The Bertz CT molecular complexity index is 562. The quantitative estimate of drug-likeness (QED) is 0.746. The van der Waals surface area contributed by atoms with E-state index in [0.717, 1.165) is 11.6 Å². The lowest BCUT2D eigenvalue weighted by atomic mass is 10.1. The van der Waals surface area contributed by atoms with E-state index in [1.165, 1.54) is 0 Å². The summed E-state index contributed by atoms with van der Waals surface area (Å²) in [7, 11) is 0. The lowest BCUT2D eigenvalue weighted by molar-refractivity contribution is 0.325. The van der Waals surface area contributed by atoms with Crippen molar-refractivity contribution in [3.8, 4) is 11.8 Å². The Balaban J connectivity index is 0.000000224. The van der Waals surface area contributed by atoms with Gasteiger partial charge < -0.3 is 9.47 Å². The maximum absolute atomic E-state index is 5.59. The van der Waals surface area contributed by atoms with Crippen LogP contribution in [0.25, 0.3) is 0 Å². The van der Waals surface area contributed by atoms with Gasteiger partial charge in [0.05, 0.1) is 13.2 Å². The summed E-state index contributed by atoms with van der Waals surface area (Å²) in [5, 5.41) is 0.464. The summed E-state index contributed by atoms with van der Waals surface area (Å²) in [4.78, 5) is 8.25. The van der Waals surface area contributed by atoms with Gasteiger partial charge in [-0.1, -0.05) is 37.6 Å². The summed E-state index contributed by atoms with van der Waals surface area (Å²) in [6, 6.07) is 11.2. The molecule has 0 aliphatic heterocycles. The fraction of sp³-hybridized carbons (Fsp3) is 0.412. The SMILES string of the molecule is CCOc1cccc(C(C)C)n1.CCOc1cccc(Cl)n1. The van der Waals surface area contributed by atoms with Gasteiger partial charge in [0.2, 0.25) is 11.8 Å². The van der Waals surface area contributed by atoms with Gasteiger partial charge in [-0.05, 0) is 31.9 Å². The van der Waals surface area contributed by atoms with Gasteiger partial charge in [0, 0.05) is 17.8 Å². The number of ether oxygens (including phenoxy) is 2. The maximum Gasteiger partial charge on any atom is 0.214 e. The highest BCUT2D eigenvalue weighted by molar-refractivity contribution is 6.29. The van der Waals surface area contributed by atoms with E-state index in [1.807, 2.05) is 32.0 Å². The second-order valence-electron chi connectivity index (χ2n) is 4.72. The molecule has 4 nitrogen and oxygen atoms in total. The van der Waals surface area contributed by atoms with Gasteiger partial charge in [-0.3, -0.25) is 0 Å². The Morgan fingerprint density at radius 1 is 0.909 bits per heavy atom. The molecule has 0 aliphatic carbocycles. The first kappa shape index (κ1) is 18.2. The van der Waals surface area contributed by atoms with Gasteiger partial charge in [0.15, 0.2) is 0 Å². The molecule has 0 saturated heterocycles. The molecule has 0 bridgehead atoms. The van der Waals surface area contributed by atoms with E-state index in [2.05, 4.69) is 23.8 Å². The number of hydrogen-bond donors (Lipinski definition) is 0. The monoisotopic (exact) mass is 322 g/mol. The van der Waals surface area contributed by atoms with Crippen LogP contribution in [0, 0.1) is 0 Å². The van der Waals surface area contributed by atoms with Crippen LogP contribution >= 0.6 is 11.6 Å². The molecule has 2 rings (SSSR count). The molecule has 0 aromatic carbocycles. The zero-order valence-electron chi connectivity index (χ0n) is 13.5. The van der Waals surface area contributed by atoms with Crippen LogP contribution in [-0.2, 0) is 0 Å². The lowest BCUT2D eigenvalue weighted by Gasteiger charge is -2.06. The van der Waals surface area contributed by atoms with Crippen LogP contribution in [0.1, 0.15) is 39.3 Å². The molecule has 0 unspecified atom stereocenters. The van der Waals surface area contributed by atoms with Crippen LogP contribution < -0.4 is 9.47 Å². The third-order valence-electron chi connectivity index (χ3n) is 2.61. The second-order valence-corrected chi connectivity index (χ2v) is 5.11. The van der Waals surface area contributed by atoms with Gasteiger partial charge >= 0.3 is 0 Å². The second kappa shape index (κ2) is 10.0. The molecule has 5 heteroatoms. The predicted molar refractivity (Wildman–Crippen MR) is 89.9 cm³/mol. The summed E-state index contributed by atoms with van der Waals surface area (Å²) in [6.07, 6.45) is 0. The van der Waals surface area contributed by atoms with Gasteiger partial charge in [0.1, 0.15) is 5.15 Å². The fourth-order valence-electron chi connectivity index (χ4n) is 1.60. The van der Waals surface area contributed by atoms with Crippen LogP contribution in [0.5, 0.6) is 11.8 Å². The molecule has 22 heavy (non-hydrogen) atoms. The van der Waals surface area contributed by atoms with Crippen molar-refractivity contribution in [1.29, 1.82) is 0 Å². The smallest absolute Gasteiger partial charge is 0.214 e. The molecular weight excluding hydrogens is 300 g/mol. The number of aromatic nitrogens is 2. The molecule has 0 atom stereocenters. The zero-order chi connectivity index (χ0) is 16.4. The van der Waals surface area contributed by atoms with Crippen molar-refractivity contribution in [3.63, 3.8) is 0 Å². The molecule has 0 N–H and O–H groups in total. The van der Waals surface area contributed by atoms with Crippen LogP contribution in [0.2, 0.25) is 5.15 Å². The van der Waals surface area contributed by atoms with E-state index in [1.54, 1.807) is 18.2 Å². The zero-order valence-corrected chi connectivity index (χ0v) is 14.3. The van der Waals surface area contributed by atoms with Crippen molar-refractivity contribution in [1.82, 2.24) is 9.97 Å². The molecule has 0 spiro atoms. The van der Waals surface area contributed by atoms with Crippen molar-refractivity contribution < 1.29 is 9.47 Å². The largest absolute Gasteiger partial charge is 0.478 e. The summed E-state index contributed by atoms with van der Waals surface area (Å²) in [6.45, 7) is 9.41. The van der Waals surface area contributed by atoms with Gasteiger partial charge in [-0.15, -0.1) is 0 Å². The molecule has 2 aromatic heterocycles.